The van der Waals surface area contributed by atoms with Gasteiger partial charge in [0.2, 0.25) is 0 Å². The predicted molar refractivity (Wildman–Crippen MR) is 68.5 cm³/mol. The van der Waals surface area contributed by atoms with E-state index in [1.165, 1.54) is 4.88 Å². The zero-order valence-electron chi connectivity index (χ0n) is 9.52. The maximum atomic E-state index is 5.36. The molecule has 0 radical (unpaired) electrons. The number of rotatable bonds is 2. The summed E-state index contributed by atoms with van der Waals surface area (Å²) in [5.41, 5.74) is 2.86. The molecule has 3 aromatic heterocycles. The average Bonchev–Trinajstić information content (AvgIpc) is 2.91. The van der Waals surface area contributed by atoms with E-state index in [-0.39, 0.29) is 0 Å². The van der Waals surface area contributed by atoms with Crippen molar-refractivity contribution in [2.24, 2.45) is 0 Å². The van der Waals surface area contributed by atoms with E-state index in [4.69, 9.17) is 4.74 Å². The summed E-state index contributed by atoms with van der Waals surface area (Å²) >= 11 is 1.62. The highest BCUT2D eigenvalue weighted by molar-refractivity contribution is 7.14. The molecule has 3 rings (SSSR count). The van der Waals surface area contributed by atoms with Gasteiger partial charge in [0, 0.05) is 11.1 Å². The van der Waals surface area contributed by atoms with Crippen molar-refractivity contribution in [1.82, 2.24) is 15.0 Å². The van der Waals surface area contributed by atoms with E-state index in [0.29, 0.717) is 0 Å². The molecule has 5 heteroatoms. The summed E-state index contributed by atoms with van der Waals surface area (Å²) in [7, 11) is 1.68. The Morgan fingerprint density at radius 1 is 1.41 bits per heavy atom. The molecule has 17 heavy (non-hydrogen) atoms. The summed E-state index contributed by atoms with van der Waals surface area (Å²) in [6.07, 6.45) is 3.51. The first-order valence-electron chi connectivity index (χ1n) is 5.22. The minimum Gasteiger partial charge on any atom is -0.487 e. The first kappa shape index (κ1) is 10.3. The second kappa shape index (κ2) is 3.85. The molecule has 0 atom stereocenters. The number of fused-ring (bicyclic) bond motifs is 1. The monoisotopic (exact) mass is 245 g/mol. The van der Waals surface area contributed by atoms with Gasteiger partial charge in [-0.1, -0.05) is 0 Å². The molecule has 0 spiro atoms. The molecule has 0 unspecified atom stereocenters. The summed E-state index contributed by atoms with van der Waals surface area (Å²) in [6.45, 7) is 2.06. The van der Waals surface area contributed by atoms with E-state index < -0.39 is 0 Å². The van der Waals surface area contributed by atoms with Crippen LogP contribution >= 0.6 is 11.3 Å². The molecule has 0 aliphatic rings. The highest BCUT2D eigenvalue weighted by atomic mass is 32.1. The van der Waals surface area contributed by atoms with E-state index in [1.54, 1.807) is 30.8 Å². The lowest BCUT2D eigenvalue weighted by Crippen LogP contribution is -1.83. The smallest absolute Gasteiger partial charge is 0.184 e. The van der Waals surface area contributed by atoms with Crippen molar-refractivity contribution in [3.8, 4) is 16.5 Å². The highest BCUT2D eigenvalue weighted by Crippen LogP contribution is 2.36. The number of hydrogen-bond donors (Lipinski definition) is 1. The van der Waals surface area contributed by atoms with Gasteiger partial charge in [-0.3, -0.25) is 4.98 Å². The molecule has 0 amide bonds. The van der Waals surface area contributed by atoms with Crippen molar-refractivity contribution in [1.29, 1.82) is 0 Å². The second-order valence-electron chi connectivity index (χ2n) is 3.74. The molecule has 0 saturated heterocycles. The lowest BCUT2D eigenvalue weighted by Gasteiger charge is -1.97. The Morgan fingerprint density at radius 3 is 3.06 bits per heavy atom. The fourth-order valence-corrected chi connectivity index (χ4v) is 2.61. The number of aromatic amines is 1. The molecule has 0 saturated carbocycles. The minimum absolute atomic E-state index is 0.828. The number of aromatic nitrogens is 3. The van der Waals surface area contributed by atoms with E-state index in [0.717, 1.165) is 27.5 Å². The van der Waals surface area contributed by atoms with Gasteiger partial charge in [0.1, 0.15) is 5.82 Å². The van der Waals surface area contributed by atoms with Crippen LogP contribution in [0.4, 0.5) is 0 Å². The van der Waals surface area contributed by atoms with Crippen LogP contribution in [-0.4, -0.2) is 22.1 Å². The van der Waals surface area contributed by atoms with Gasteiger partial charge >= 0.3 is 0 Å². The molecule has 0 aliphatic carbocycles. The Bertz CT molecular complexity index is 638. The van der Waals surface area contributed by atoms with Crippen LogP contribution in [0.2, 0.25) is 0 Å². The number of thiophene rings is 1. The van der Waals surface area contributed by atoms with Crippen LogP contribution in [0.3, 0.4) is 0 Å². The first-order chi connectivity index (χ1) is 8.28. The van der Waals surface area contributed by atoms with Crippen LogP contribution in [0.5, 0.6) is 5.06 Å². The quantitative estimate of drug-likeness (QED) is 0.755. The number of hydrogen-bond acceptors (Lipinski definition) is 4. The lowest BCUT2D eigenvalue weighted by molar-refractivity contribution is 0.428. The van der Waals surface area contributed by atoms with Gasteiger partial charge in [-0.15, -0.1) is 11.3 Å². The van der Waals surface area contributed by atoms with Crippen LogP contribution in [0.1, 0.15) is 4.88 Å². The number of nitrogens with one attached hydrogen (secondary N) is 1. The largest absolute Gasteiger partial charge is 0.487 e. The maximum Gasteiger partial charge on any atom is 0.184 e. The zero-order valence-corrected chi connectivity index (χ0v) is 10.3. The van der Waals surface area contributed by atoms with Gasteiger partial charge in [0.05, 0.1) is 29.9 Å². The van der Waals surface area contributed by atoms with Gasteiger partial charge in [0.15, 0.2) is 5.06 Å². The van der Waals surface area contributed by atoms with Crippen LogP contribution in [0.25, 0.3) is 22.4 Å². The number of H-pyrrole nitrogens is 1. The van der Waals surface area contributed by atoms with E-state index in [1.807, 2.05) is 6.07 Å². The Morgan fingerprint density at radius 2 is 2.29 bits per heavy atom. The molecule has 1 N–H and O–H groups in total. The fraction of sp³-hybridized carbons (Fsp3) is 0.167. The third-order valence-electron chi connectivity index (χ3n) is 2.55. The Labute approximate surface area is 102 Å². The van der Waals surface area contributed by atoms with Gasteiger partial charge < -0.3 is 9.72 Å². The van der Waals surface area contributed by atoms with E-state index >= 15 is 0 Å². The Hall–Kier alpha value is -1.88. The molecule has 0 fully saturated rings. The summed E-state index contributed by atoms with van der Waals surface area (Å²) in [5, 5.41) is 0.884. The van der Waals surface area contributed by atoms with Crippen LogP contribution in [-0.2, 0) is 0 Å². The molecule has 0 bridgehead atoms. The highest BCUT2D eigenvalue weighted by Gasteiger charge is 2.13. The van der Waals surface area contributed by atoms with Crippen molar-refractivity contribution in [2.75, 3.05) is 7.11 Å². The maximum absolute atomic E-state index is 5.36. The Balaban J connectivity index is 2.19. The SMILES string of the molecule is COc1sc(C)cc1-c1nc2ccncc2[nH]1. The third-order valence-corrected chi connectivity index (χ3v) is 3.56. The molecule has 3 aromatic rings. The lowest BCUT2D eigenvalue weighted by atomic mass is 10.3. The van der Waals surface area contributed by atoms with Gasteiger partial charge in [-0.25, -0.2) is 4.98 Å². The minimum atomic E-state index is 0.828. The van der Waals surface area contributed by atoms with Crippen molar-refractivity contribution in [3.05, 3.63) is 29.4 Å². The normalized spacial score (nSPS) is 10.9. The third kappa shape index (κ3) is 1.68. The van der Waals surface area contributed by atoms with Gasteiger partial charge in [-0.05, 0) is 19.1 Å². The first-order valence-corrected chi connectivity index (χ1v) is 6.04. The summed E-state index contributed by atoms with van der Waals surface area (Å²) in [4.78, 5) is 13.1. The number of nitrogens with zero attached hydrogens (tertiary/aromatic N) is 2. The average molecular weight is 245 g/mol. The van der Waals surface area contributed by atoms with Crippen LogP contribution < -0.4 is 4.74 Å². The summed E-state index contributed by atoms with van der Waals surface area (Å²) in [6, 6.07) is 3.97. The van der Waals surface area contributed by atoms with Gasteiger partial charge in [0.25, 0.3) is 0 Å². The zero-order chi connectivity index (χ0) is 11.8. The van der Waals surface area contributed by atoms with Gasteiger partial charge in [-0.2, -0.15) is 0 Å². The molecule has 0 aromatic carbocycles. The standard InChI is InChI=1S/C12H11N3OS/c1-7-5-8(12(16-2)17-7)11-14-9-3-4-13-6-10(9)15-11/h3-6H,1-2H3,(H,14,15). The fourth-order valence-electron chi connectivity index (χ4n) is 1.79. The van der Waals surface area contributed by atoms with Crippen molar-refractivity contribution >= 4 is 22.4 Å². The molecule has 3 heterocycles. The second-order valence-corrected chi connectivity index (χ2v) is 4.96. The van der Waals surface area contributed by atoms with E-state index in [2.05, 4.69) is 27.9 Å². The summed E-state index contributed by atoms with van der Waals surface area (Å²) in [5.74, 6) is 0.828. The number of aryl methyl sites for hydroxylation is 1. The number of pyridine rings is 1. The van der Waals surface area contributed by atoms with Crippen LogP contribution in [0.15, 0.2) is 24.5 Å². The molecule has 0 aliphatic heterocycles. The van der Waals surface area contributed by atoms with Crippen molar-refractivity contribution in [3.63, 3.8) is 0 Å². The van der Waals surface area contributed by atoms with Crippen molar-refractivity contribution in [2.45, 2.75) is 6.92 Å². The molecule has 4 nitrogen and oxygen atoms in total. The predicted octanol–water partition coefficient (Wildman–Crippen LogP) is 3.00. The summed E-state index contributed by atoms with van der Waals surface area (Å²) < 4.78 is 5.36. The van der Waals surface area contributed by atoms with Crippen molar-refractivity contribution < 1.29 is 4.74 Å². The molecular weight excluding hydrogens is 234 g/mol. The molecular formula is C12H11N3OS. The topological polar surface area (TPSA) is 50.8 Å². The number of ether oxygens (including phenoxy) is 1. The number of methoxy groups -OCH3 is 1. The number of imidazole rings is 1. The van der Waals surface area contributed by atoms with E-state index in [9.17, 15) is 0 Å². The molecule has 86 valence electrons. The Kier molecular flexibility index (Phi) is 2.33. The van der Waals surface area contributed by atoms with Crippen LogP contribution in [0, 0.1) is 6.92 Å².